The summed E-state index contributed by atoms with van der Waals surface area (Å²) in [6, 6.07) is 0. The van der Waals surface area contributed by atoms with Crippen molar-refractivity contribution >= 4 is 22.4 Å². The third kappa shape index (κ3) is 2.89. The second kappa shape index (κ2) is 5.22. The van der Waals surface area contributed by atoms with Crippen LogP contribution in [-0.2, 0) is 4.79 Å². The Balaban J connectivity index is 1.76. The minimum absolute atomic E-state index is 0.221. The zero-order chi connectivity index (χ0) is 11.4. The first-order valence-electron chi connectivity index (χ1n) is 5.21. The average Bonchev–Trinajstić information content (AvgIpc) is 2.80. The van der Waals surface area contributed by atoms with Crippen molar-refractivity contribution in [2.45, 2.75) is 6.42 Å². The molecule has 0 atom stereocenters. The number of piperazine rings is 1. The molecule has 0 spiro atoms. The first kappa shape index (κ1) is 11.3. The number of hydrogen-bond donors (Lipinski definition) is 1. The molecule has 7 heteroatoms. The van der Waals surface area contributed by atoms with Crippen LogP contribution in [0, 0.1) is 0 Å². The van der Waals surface area contributed by atoms with Crippen LogP contribution in [0.1, 0.15) is 6.42 Å². The van der Waals surface area contributed by atoms with Crippen LogP contribution in [0.25, 0.3) is 0 Å². The minimum atomic E-state index is -0.730. The van der Waals surface area contributed by atoms with Crippen molar-refractivity contribution < 1.29 is 9.90 Å². The molecule has 1 aliphatic heterocycles. The first-order chi connectivity index (χ1) is 7.75. The molecule has 1 N–H and O–H groups in total. The lowest BCUT2D eigenvalue weighted by molar-refractivity contribution is -0.137. The number of aliphatic carboxylic acids is 1. The molecule has 2 rings (SSSR count). The molecule has 0 aromatic carbocycles. The molecular weight excluding hydrogens is 228 g/mol. The van der Waals surface area contributed by atoms with E-state index in [1.165, 1.54) is 11.3 Å². The Hall–Kier alpha value is -1.21. The maximum atomic E-state index is 10.4. The van der Waals surface area contributed by atoms with Gasteiger partial charge in [-0.15, -0.1) is 10.2 Å². The van der Waals surface area contributed by atoms with E-state index in [9.17, 15) is 4.79 Å². The van der Waals surface area contributed by atoms with Crippen LogP contribution in [0.3, 0.4) is 0 Å². The molecule has 1 saturated heterocycles. The number of anilines is 1. The predicted octanol–water partition coefficient (Wildman–Crippen LogP) is 0.135. The summed E-state index contributed by atoms with van der Waals surface area (Å²) in [5, 5.41) is 17.4. The maximum Gasteiger partial charge on any atom is 0.304 e. The summed E-state index contributed by atoms with van der Waals surface area (Å²) in [4.78, 5) is 14.8. The van der Waals surface area contributed by atoms with E-state index in [1.54, 1.807) is 5.51 Å². The molecule has 0 amide bonds. The molecule has 1 aromatic heterocycles. The number of carbonyl (C=O) groups is 1. The molecule has 2 heterocycles. The van der Waals surface area contributed by atoms with E-state index in [4.69, 9.17) is 5.11 Å². The fraction of sp³-hybridized carbons (Fsp3) is 0.667. The number of hydrogen-bond acceptors (Lipinski definition) is 6. The van der Waals surface area contributed by atoms with Gasteiger partial charge < -0.3 is 10.0 Å². The van der Waals surface area contributed by atoms with Gasteiger partial charge in [-0.05, 0) is 0 Å². The SMILES string of the molecule is O=C(O)CCN1CCN(c2nncs2)CC1. The van der Waals surface area contributed by atoms with Crippen molar-refractivity contribution in [3.63, 3.8) is 0 Å². The van der Waals surface area contributed by atoms with Crippen molar-refractivity contribution in [1.29, 1.82) is 0 Å². The second-order valence-electron chi connectivity index (χ2n) is 3.69. The largest absolute Gasteiger partial charge is 0.481 e. The lowest BCUT2D eigenvalue weighted by atomic mass is 10.3. The van der Waals surface area contributed by atoms with Gasteiger partial charge in [-0.1, -0.05) is 11.3 Å². The van der Waals surface area contributed by atoms with E-state index in [0.29, 0.717) is 6.54 Å². The second-order valence-corrected chi connectivity index (χ2v) is 4.51. The number of carboxylic acids is 1. The zero-order valence-electron chi connectivity index (χ0n) is 8.87. The van der Waals surface area contributed by atoms with E-state index in [0.717, 1.165) is 31.3 Å². The smallest absolute Gasteiger partial charge is 0.304 e. The van der Waals surface area contributed by atoms with Crippen LogP contribution in [0.15, 0.2) is 5.51 Å². The van der Waals surface area contributed by atoms with Gasteiger partial charge in [0.05, 0.1) is 6.42 Å². The Morgan fingerprint density at radius 2 is 2.19 bits per heavy atom. The highest BCUT2D eigenvalue weighted by Gasteiger charge is 2.19. The van der Waals surface area contributed by atoms with Gasteiger partial charge in [-0.2, -0.15) is 0 Å². The van der Waals surface area contributed by atoms with Crippen LogP contribution in [0.4, 0.5) is 5.13 Å². The normalized spacial score (nSPS) is 17.6. The monoisotopic (exact) mass is 242 g/mol. The summed E-state index contributed by atoms with van der Waals surface area (Å²) < 4.78 is 0. The fourth-order valence-electron chi connectivity index (χ4n) is 1.72. The maximum absolute atomic E-state index is 10.4. The van der Waals surface area contributed by atoms with Crippen molar-refractivity contribution in [2.24, 2.45) is 0 Å². The van der Waals surface area contributed by atoms with Gasteiger partial charge in [0.15, 0.2) is 0 Å². The van der Waals surface area contributed by atoms with Crippen LogP contribution in [0.2, 0.25) is 0 Å². The highest BCUT2D eigenvalue weighted by Crippen LogP contribution is 2.17. The van der Waals surface area contributed by atoms with Crippen molar-refractivity contribution in [1.82, 2.24) is 15.1 Å². The van der Waals surface area contributed by atoms with E-state index >= 15 is 0 Å². The van der Waals surface area contributed by atoms with Crippen molar-refractivity contribution in [3.05, 3.63) is 5.51 Å². The summed E-state index contributed by atoms with van der Waals surface area (Å²) in [6.45, 7) is 4.22. The third-order valence-corrected chi connectivity index (χ3v) is 3.38. The van der Waals surface area contributed by atoms with Gasteiger partial charge in [0.2, 0.25) is 5.13 Å². The van der Waals surface area contributed by atoms with Crippen molar-refractivity contribution in [2.75, 3.05) is 37.6 Å². The van der Waals surface area contributed by atoms with Crippen molar-refractivity contribution in [3.8, 4) is 0 Å². The number of nitrogens with zero attached hydrogens (tertiary/aromatic N) is 4. The number of carboxylic acid groups (broad SMARTS) is 1. The Morgan fingerprint density at radius 1 is 1.44 bits per heavy atom. The Bertz CT molecular complexity index is 335. The Labute approximate surface area is 97.5 Å². The quantitative estimate of drug-likeness (QED) is 0.809. The summed E-state index contributed by atoms with van der Waals surface area (Å²) in [5.41, 5.74) is 1.73. The van der Waals surface area contributed by atoms with Gasteiger partial charge in [0.1, 0.15) is 5.51 Å². The summed E-state index contributed by atoms with van der Waals surface area (Å²) in [5.74, 6) is -0.730. The molecule has 0 aliphatic carbocycles. The van der Waals surface area contributed by atoms with Gasteiger partial charge >= 0.3 is 5.97 Å². The topological polar surface area (TPSA) is 69.6 Å². The van der Waals surface area contributed by atoms with E-state index in [-0.39, 0.29) is 6.42 Å². The standard InChI is InChI=1S/C9H14N4O2S/c14-8(15)1-2-12-3-5-13(6-4-12)9-11-10-7-16-9/h7H,1-6H2,(H,14,15). The molecule has 0 bridgehead atoms. The van der Waals surface area contributed by atoms with Gasteiger partial charge in [-0.3, -0.25) is 9.69 Å². The van der Waals surface area contributed by atoms with E-state index in [2.05, 4.69) is 20.0 Å². The highest BCUT2D eigenvalue weighted by atomic mass is 32.1. The first-order valence-corrected chi connectivity index (χ1v) is 6.09. The molecule has 0 saturated carbocycles. The minimum Gasteiger partial charge on any atom is -0.481 e. The Morgan fingerprint density at radius 3 is 2.75 bits per heavy atom. The summed E-state index contributed by atoms with van der Waals surface area (Å²) in [6.07, 6.45) is 0.221. The summed E-state index contributed by atoms with van der Waals surface area (Å²) >= 11 is 1.54. The van der Waals surface area contributed by atoms with E-state index in [1.807, 2.05) is 0 Å². The molecule has 0 radical (unpaired) electrons. The molecular formula is C9H14N4O2S. The van der Waals surface area contributed by atoms with Gasteiger partial charge in [0.25, 0.3) is 0 Å². The number of aromatic nitrogens is 2. The van der Waals surface area contributed by atoms with Crippen LogP contribution < -0.4 is 4.90 Å². The summed E-state index contributed by atoms with van der Waals surface area (Å²) in [7, 11) is 0. The molecule has 1 fully saturated rings. The fourth-order valence-corrected chi connectivity index (χ4v) is 2.34. The van der Waals surface area contributed by atoms with Gasteiger partial charge in [-0.25, -0.2) is 0 Å². The predicted molar refractivity (Wildman–Crippen MR) is 60.8 cm³/mol. The number of rotatable bonds is 4. The Kier molecular flexibility index (Phi) is 3.68. The molecule has 16 heavy (non-hydrogen) atoms. The molecule has 1 aromatic rings. The molecule has 0 unspecified atom stereocenters. The molecule has 1 aliphatic rings. The van der Waals surface area contributed by atoms with Crippen LogP contribution in [-0.4, -0.2) is 58.9 Å². The zero-order valence-corrected chi connectivity index (χ0v) is 9.69. The molecule has 6 nitrogen and oxygen atoms in total. The third-order valence-electron chi connectivity index (χ3n) is 2.63. The van der Waals surface area contributed by atoms with E-state index < -0.39 is 5.97 Å². The average molecular weight is 242 g/mol. The lowest BCUT2D eigenvalue weighted by Gasteiger charge is -2.33. The highest BCUT2D eigenvalue weighted by molar-refractivity contribution is 7.13. The molecule has 88 valence electrons. The van der Waals surface area contributed by atoms with Crippen LogP contribution in [0.5, 0.6) is 0 Å². The van der Waals surface area contributed by atoms with Crippen LogP contribution >= 0.6 is 11.3 Å². The van der Waals surface area contributed by atoms with Gasteiger partial charge in [0, 0.05) is 32.7 Å². The lowest BCUT2D eigenvalue weighted by Crippen LogP contribution is -2.46.